The van der Waals surface area contributed by atoms with Gasteiger partial charge in [0.1, 0.15) is 8.80 Å². The molecule has 0 aromatic heterocycles. The van der Waals surface area contributed by atoms with Crippen LogP contribution in [0.1, 0.15) is 26.3 Å². The van der Waals surface area contributed by atoms with Crippen molar-refractivity contribution < 1.29 is 0 Å². The molecular formula is C31H38N2Si. The molecule has 3 aromatic rings. The third-order valence-electron chi connectivity index (χ3n) is 7.55. The van der Waals surface area contributed by atoms with Crippen LogP contribution in [-0.2, 0) is 0 Å². The topological polar surface area (TPSA) is 6.48 Å². The first-order valence-corrected chi connectivity index (χ1v) is 14.2. The Morgan fingerprint density at radius 3 is 1.56 bits per heavy atom. The predicted molar refractivity (Wildman–Crippen MR) is 154 cm³/mol. The lowest BCUT2D eigenvalue weighted by Crippen LogP contribution is -2.43. The van der Waals surface area contributed by atoms with Crippen molar-refractivity contribution in [1.82, 2.24) is 0 Å². The highest BCUT2D eigenvalue weighted by atomic mass is 28.3. The summed E-state index contributed by atoms with van der Waals surface area (Å²) in [5.74, 6) is 0.449. The molecule has 1 unspecified atom stereocenters. The summed E-state index contributed by atoms with van der Waals surface area (Å²) in [7, 11) is 7.12. The van der Waals surface area contributed by atoms with Crippen LogP contribution in [0.4, 0.5) is 11.4 Å². The number of nitrogens with zero attached hydrogens (tertiary/aromatic N) is 2. The second-order valence-electron chi connectivity index (χ2n) is 10.0. The van der Waals surface area contributed by atoms with Gasteiger partial charge in [-0.15, -0.1) is 0 Å². The molecule has 0 fully saturated rings. The molecule has 0 heterocycles. The number of hydrogen-bond acceptors (Lipinski definition) is 2. The third-order valence-corrected chi connectivity index (χ3v) is 10.9. The van der Waals surface area contributed by atoms with E-state index in [0.717, 1.165) is 0 Å². The van der Waals surface area contributed by atoms with Crippen LogP contribution in [-0.4, -0.2) is 37.0 Å². The Kier molecular flexibility index (Phi) is 7.13. The zero-order valence-corrected chi connectivity index (χ0v) is 22.9. The van der Waals surface area contributed by atoms with Crippen LogP contribution in [0.2, 0.25) is 6.04 Å². The lowest BCUT2D eigenvalue weighted by atomic mass is 9.90. The molecular weight excluding hydrogens is 428 g/mol. The Hall–Kier alpha value is -3.04. The largest absolute Gasteiger partial charge is 0.378 e. The Morgan fingerprint density at radius 2 is 1.12 bits per heavy atom. The Bertz CT molecular complexity index is 1140. The van der Waals surface area contributed by atoms with Crippen LogP contribution in [0, 0.1) is 5.92 Å². The average Bonchev–Trinajstić information content (AvgIpc) is 3.06. The maximum atomic E-state index is 2.38. The van der Waals surface area contributed by atoms with Gasteiger partial charge in [0.25, 0.3) is 0 Å². The predicted octanol–water partition coefficient (Wildman–Crippen LogP) is 5.60. The van der Waals surface area contributed by atoms with Gasteiger partial charge in [0.2, 0.25) is 0 Å². The highest BCUT2D eigenvalue weighted by molar-refractivity contribution is 6.85. The van der Waals surface area contributed by atoms with Crippen LogP contribution in [0.15, 0.2) is 95.6 Å². The monoisotopic (exact) mass is 466 g/mol. The minimum absolute atomic E-state index is 0.449. The number of hydrogen-bond donors (Lipinski definition) is 0. The summed E-state index contributed by atoms with van der Waals surface area (Å²) in [5, 5.41) is 3.05. The summed E-state index contributed by atoms with van der Waals surface area (Å²) < 4.78 is 0. The first-order valence-electron chi connectivity index (χ1n) is 12.3. The number of allylic oxidation sites excluding steroid dienone is 4. The van der Waals surface area contributed by atoms with Crippen LogP contribution >= 0.6 is 0 Å². The van der Waals surface area contributed by atoms with Crippen molar-refractivity contribution in [3.8, 4) is 0 Å². The summed E-state index contributed by atoms with van der Waals surface area (Å²) in [6.45, 7) is 7.00. The lowest BCUT2D eigenvalue weighted by molar-refractivity contribution is 0.884. The Labute approximate surface area is 207 Å². The highest BCUT2D eigenvalue weighted by Crippen LogP contribution is 2.46. The van der Waals surface area contributed by atoms with E-state index in [1.165, 1.54) is 50.1 Å². The summed E-state index contributed by atoms with van der Waals surface area (Å²) in [6, 6.07) is 30.7. The van der Waals surface area contributed by atoms with Gasteiger partial charge < -0.3 is 9.80 Å². The van der Waals surface area contributed by atoms with Gasteiger partial charge in [-0.2, -0.15) is 0 Å². The van der Waals surface area contributed by atoms with E-state index < -0.39 is 8.80 Å². The average molecular weight is 467 g/mol. The molecule has 2 nitrogen and oxygen atoms in total. The smallest absolute Gasteiger partial charge is 0.104 e. The molecule has 3 aromatic carbocycles. The molecule has 3 heteroatoms. The van der Waals surface area contributed by atoms with Crippen LogP contribution in [0.25, 0.3) is 5.57 Å². The SMILES string of the molecule is CC1=C(C)C(C[SiH](c2ccccc2)c2ccccc2)C(c2cc(N(C)C)cc(N(C)C)c2)=C1C. The summed E-state index contributed by atoms with van der Waals surface area (Å²) in [5.41, 5.74) is 9.85. The van der Waals surface area contributed by atoms with E-state index in [0.29, 0.717) is 5.92 Å². The van der Waals surface area contributed by atoms with Crippen molar-refractivity contribution >= 4 is 36.1 Å². The highest BCUT2D eigenvalue weighted by Gasteiger charge is 2.32. The van der Waals surface area contributed by atoms with Gasteiger partial charge in [0, 0.05) is 45.5 Å². The van der Waals surface area contributed by atoms with Gasteiger partial charge in [0.15, 0.2) is 0 Å². The van der Waals surface area contributed by atoms with Gasteiger partial charge in [-0.3, -0.25) is 0 Å². The fraction of sp³-hybridized carbons (Fsp3) is 0.290. The van der Waals surface area contributed by atoms with E-state index in [1.807, 2.05) is 0 Å². The molecule has 1 aliphatic rings. The van der Waals surface area contributed by atoms with Crippen molar-refractivity contribution in [3.63, 3.8) is 0 Å². The fourth-order valence-corrected chi connectivity index (χ4v) is 8.65. The molecule has 0 amide bonds. The lowest BCUT2D eigenvalue weighted by Gasteiger charge is -2.26. The number of rotatable bonds is 7. The molecule has 0 saturated carbocycles. The Morgan fingerprint density at radius 1 is 0.647 bits per heavy atom. The fourth-order valence-electron chi connectivity index (χ4n) is 5.29. The molecule has 4 rings (SSSR count). The second kappa shape index (κ2) is 10.1. The minimum Gasteiger partial charge on any atom is -0.378 e. The molecule has 0 bridgehead atoms. The zero-order chi connectivity index (χ0) is 24.4. The molecule has 34 heavy (non-hydrogen) atoms. The molecule has 0 saturated heterocycles. The normalized spacial score (nSPS) is 15.9. The Balaban J connectivity index is 1.82. The van der Waals surface area contributed by atoms with E-state index in [9.17, 15) is 0 Å². The maximum Gasteiger partial charge on any atom is 0.104 e. The van der Waals surface area contributed by atoms with Crippen molar-refractivity contribution in [2.45, 2.75) is 26.8 Å². The summed E-state index contributed by atoms with van der Waals surface area (Å²) in [6.07, 6.45) is 0. The van der Waals surface area contributed by atoms with Gasteiger partial charge in [-0.25, -0.2) is 0 Å². The van der Waals surface area contributed by atoms with E-state index in [2.05, 4.69) is 138 Å². The molecule has 0 spiro atoms. The van der Waals surface area contributed by atoms with Crippen LogP contribution < -0.4 is 20.2 Å². The standard InChI is InChI=1S/C31H38N2Si/c1-22-23(2)30(21-34(28-14-10-8-11-15-28)29-16-12-9-13-17-29)31(24(22)3)25-18-26(32(4)5)20-27(19-25)33(6)7/h8-20,30,34H,21H2,1-7H3. The van der Waals surface area contributed by atoms with Gasteiger partial charge in [-0.1, -0.05) is 76.6 Å². The molecule has 0 aliphatic heterocycles. The molecule has 0 radical (unpaired) electrons. The van der Waals surface area contributed by atoms with Crippen molar-refractivity contribution in [1.29, 1.82) is 0 Å². The number of anilines is 2. The third kappa shape index (κ3) is 4.76. The maximum absolute atomic E-state index is 2.38. The van der Waals surface area contributed by atoms with E-state index >= 15 is 0 Å². The minimum atomic E-state index is -1.41. The van der Waals surface area contributed by atoms with Crippen LogP contribution in [0.3, 0.4) is 0 Å². The van der Waals surface area contributed by atoms with E-state index in [1.54, 1.807) is 5.57 Å². The first-order chi connectivity index (χ1) is 16.3. The van der Waals surface area contributed by atoms with E-state index in [4.69, 9.17) is 0 Å². The molecule has 1 aliphatic carbocycles. The second-order valence-corrected chi connectivity index (χ2v) is 12.9. The summed E-state index contributed by atoms with van der Waals surface area (Å²) in [4.78, 5) is 4.43. The van der Waals surface area contributed by atoms with Crippen molar-refractivity contribution in [2.24, 2.45) is 5.92 Å². The van der Waals surface area contributed by atoms with E-state index in [-0.39, 0.29) is 0 Å². The molecule has 176 valence electrons. The molecule has 0 N–H and O–H groups in total. The van der Waals surface area contributed by atoms with Gasteiger partial charge in [-0.05, 0) is 67.3 Å². The zero-order valence-electron chi connectivity index (χ0n) is 21.8. The first kappa shape index (κ1) is 24.1. The van der Waals surface area contributed by atoms with Crippen molar-refractivity contribution in [3.05, 3.63) is 101 Å². The number of benzene rings is 3. The summed E-state index contributed by atoms with van der Waals surface area (Å²) >= 11 is 0. The van der Waals surface area contributed by atoms with Gasteiger partial charge >= 0.3 is 0 Å². The van der Waals surface area contributed by atoms with Crippen molar-refractivity contribution in [2.75, 3.05) is 38.0 Å². The quantitative estimate of drug-likeness (QED) is 0.418. The molecule has 1 atom stereocenters. The van der Waals surface area contributed by atoms with Crippen LogP contribution in [0.5, 0.6) is 0 Å². The van der Waals surface area contributed by atoms with Gasteiger partial charge in [0.05, 0.1) is 0 Å².